The minimum atomic E-state index is 0.288. The molecule has 20 heavy (non-hydrogen) atoms. The Balaban J connectivity index is 1.92. The Morgan fingerprint density at radius 1 is 1.45 bits per heavy atom. The van der Waals surface area contributed by atoms with Gasteiger partial charge in [-0.05, 0) is 35.7 Å². The van der Waals surface area contributed by atoms with Crippen LogP contribution in [0.15, 0.2) is 29.6 Å². The summed E-state index contributed by atoms with van der Waals surface area (Å²) in [6.07, 6.45) is 1.37. The second-order valence-electron chi connectivity index (χ2n) is 5.47. The first-order chi connectivity index (χ1) is 9.79. The third kappa shape index (κ3) is 2.74. The number of hydrogen-bond acceptors (Lipinski definition) is 4. The number of ether oxygens (including phenoxy) is 1. The molecule has 0 amide bonds. The summed E-state index contributed by atoms with van der Waals surface area (Å²) in [6, 6.07) is 8.91. The van der Waals surface area contributed by atoms with Crippen molar-refractivity contribution in [2.45, 2.75) is 25.5 Å². The number of rotatable bonds is 3. The van der Waals surface area contributed by atoms with E-state index in [1.54, 1.807) is 0 Å². The van der Waals surface area contributed by atoms with E-state index in [0.717, 1.165) is 26.1 Å². The summed E-state index contributed by atoms with van der Waals surface area (Å²) in [5, 5.41) is 3.63. The van der Waals surface area contributed by atoms with Crippen molar-refractivity contribution in [3.63, 3.8) is 0 Å². The third-order valence-electron chi connectivity index (χ3n) is 4.02. The first-order valence-electron chi connectivity index (χ1n) is 7.31. The normalized spacial score (nSPS) is 22.8. The van der Waals surface area contributed by atoms with Gasteiger partial charge in [-0.2, -0.15) is 0 Å². The lowest BCUT2D eigenvalue weighted by molar-refractivity contribution is 0.0613. The second-order valence-corrected chi connectivity index (χ2v) is 6.38. The van der Waals surface area contributed by atoms with Crippen LogP contribution < -0.4 is 5.73 Å². The van der Waals surface area contributed by atoms with E-state index < -0.39 is 0 Å². The number of thiophene rings is 1. The Kier molecular flexibility index (Phi) is 4.36. The summed E-state index contributed by atoms with van der Waals surface area (Å²) in [6.45, 7) is 5.70. The third-order valence-corrected chi connectivity index (χ3v) is 5.00. The van der Waals surface area contributed by atoms with E-state index in [9.17, 15) is 0 Å². The summed E-state index contributed by atoms with van der Waals surface area (Å²) < 4.78 is 7.10. The smallest absolute Gasteiger partial charge is 0.0674 e. The molecule has 1 aliphatic rings. The van der Waals surface area contributed by atoms with E-state index in [2.05, 4.69) is 41.5 Å². The molecule has 3 nitrogen and oxygen atoms in total. The molecule has 1 aromatic heterocycles. The number of benzene rings is 1. The van der Waals surface area contributed by atoms with Crippen LogP contribution >= 0.6 is 11.3 Å². The lowest BCUT2D eigenvalue weighted by Crippen LogP contribution is -2.37. The summed E-state index contributed by atoms with van der Waals surface area (Å²) in [4.78, 5) is 2.49. The summed E-state index contributed by atoms with van der Waals surface area (Å²) in [5.41, 5.74) is 7.48. The monoisotopic (exact) mass is 290 g/mol. The molecule has 4 heteroatoms. The summed E-state index contributed by atoms with van der Waals surface area (Å²) in [5.74, 6) is 0. The van der Waals surface area contributed by atoms with Gasteiger partial charge >= 0.3 is 0 Å². The van der Waals surface area contributed by atoms with Crippen LogP contribution in [0.3, 0.4) is 0 Å². The molecule has 2 atom stereocenters. The van der Waals surface area contributed by atoms with Crippen LogP contribution in [-0.4, -0.2) is 37.2 Å². The standard InChI is InChI=1S/C16H22N2OS/c1-12-10-18(7-4-8-19-12)15(9-17)14-11-20-16-6-3-2-5-13(14)16/h2-3,5-6,11-12,15H,4,7-10,17H2,1H3. The van der Waals surface area contributed by atoms with Crippen molar-refractivity contribution in [3.8, 4) is 0 Å². The van der Waals surface area contributed by atoms with Gasteiger partial charge in [-0.25, -0.2) is 0 Å². The van der Waals surface area contributed by atoms with Crippen LogP contribution in [-0.2, 0) is 4.74 Å². The van der Waals surface area contributed by atoms with Crippen molar-refractivity contribution in [3.05, 3.63) is 35.2 Å². The Labute approximate surface area is 124 Å². The van der Waals surface area contributed by atoms with Gasteiger partial charge in [0.15, 0.2) is 0 Å². The minimum absolute atomic E-state index is 0.288. The lowest BCUT2D eigenvalue weighted by Gasteiger charge is -2.30. The van der Waals surface area contributed by atoms with Crippen molar-refractivity contribution >= 4 is 21.4 Å². The van der Waals surface area contributed by atoms with Crippen molar-refractivity contribution in [1.29, 1.82) is 0 Å². The molecule has 2 aromatic rings. The van der Waals surface area contributed by atoms with Crippen LogP contribution in [0, 0.1) is 0 Å². The molecule has 3 rings (SSSR count). The van der Waals surface area contributed by atoms with Crippen molar-refractivity contribution < 1.29 is 4.74 Å². The molecular formula is C16H22N2OS. The molecule has 1 fully saturated rings. The predicted octanol–water partition coefficient (Wildman–Crippen LogP) is 3.01. The first kappa shape index (κ1) is 14.0. The highest BCUT2D eigenvalue weighted by molar-refractivity contribution is 7.17. The Morgan fingerprint density at radius 2 is 2.30 bits per heavy atom. The minimum Gasteiger partial charge on any atom is -0.377 e. The van der Waals surface area contributed by atoms with Gasteiger partial charge in [-0.1, -0.05) is 18.2 Å². The van der Waals surface area contributed by atoms with Crippen LogP contribution in [0.25, 0.3) is 10.1 Å². The molecule has 1 aliphatic heterocycles. The summed E-state index contributed by atoms with van der Waals surface area (Å²) >= 11 is 1.81. The molecule has 0 saturated carbocycles. The van der Waals surface area contributed by atoms with Gasteiger partial charge in [0.2, 0.25) is 0 Å². The average Bonchev–Trinajstić information content (AvgIpc) is 2.76. The van der Waals surface area contributed by atoms with Gasteiger partial charge in [0.25, 0.3) is 0 Å². The second kappa shape index (κ2) is 6.22. The van der Waals surface area contributed by atoms with Crippen LogP contribution in [0.1, 0.15) is 24.9 Å². The fourth-order valence-electron chi connectivity index (χ4n) is 3.04. The first-order valence-corrected chi connectivity index (χ1v) is 8.19. The van der Waals surface area contributed by atoms with Gasteiger partial charge in [0.1, 0.15) is 0 Å². The molecule has 108 valence electrons. The quantitative estimate of drug-likeness (QED) is 0.944. The largest absolute Gasteiger partial charge is 0.377 e. The Bertz CT molecular complexity index is 568. The Hall–Kier alpha value is -0.940. The highest BCUT2D eigenvalue weighted by Crippen LogP contribution is 2.33. The molecule has 0 radical (unpaired) electrons. The molecule has 2 heterocycles. The zero-order chi connectivity index (χ0) is 13.9. The molecule has 2 unspecified atom stereocenters. The zero-order valence-corrected chi connectivity index (χ0v) is 12.7. The molecular weight excluding hydrogens is 268 g/mol. The molecule has 1 aromatic carbocycles. The topological polar surface area (TPSA) is 38.5 Å². The zero-order valence-electron chi connectivity index (χ0n) is 11.9. The van der Waals surface area contributed by atoms with E-state index in [1.807, 2.05) is 11.3 Å². The van der Waals surface area contributed by atoms with Crippen LogP contribution in [0.5, 0.6) is 0 Å². The SMILES string of the molecule is CC1CN(C(CN)c2csc3ccccc23)CCCO1. The van der Waals surface area contributed by atoms with Gasteiger partial charge in [0, 0.05) is 37.0 Å². The van der Waals surface area contributed by atoms with Gasteiger partial charge in [0.05, 0.1) is 6.10 Å². The molecule has 1 saturated heterocycles. The maximum absolute atomic E-state index is 6.10. The highest BCUT2D eigenvalue weighted by atomic mass is 32.1. The average molecular weight is 290 g/mol. The number of nitrogens with zero attached hydrogens (tertiary/aromatic N) is 1. The number of nitrogens with two attached hydrogens (primary N) is 1. The molecule has 2 N–H and O–H groups in total. The van der Waals surface area contributed by atoms with E-state index in [4.69, 9.17) is 10.5 Å². The van der Waals surface area contributed by atoms with Gasteiger partial charge in [-0.15, -0.1) is 11.3 Å². The number of fused-ring (bicyclic) bond motifs is 1. The maximum Gasteiger partial charge on any atom is 0.0674 e. The predicted molar refractivity (Wildman–Crippen MR) is 85.2 cm³/mol. The number of hydrogen-bond donors (Lipinski definition) is 1. The van der Waals surface area contributed by atoms with Crippen molar-refractivity contribution in [1.82, 2.24) is 4.90 Å². The molecule has 0 bridgehead atoms. The van der Waals surface area contributed by atoms with Gasteiger partial charge in [-0.3, -0.25) is 4.90 Å². The van der Waals surface area contributed by atoms with E-state index >= 15 is 0 Å². The van der Waals surface area contributed by atoms with Crippen LogP contribution in [0.2, 0.25) is 0 Å². The fraction of sp³-hybridized carbons (Fsp3) is 0.500. The van der Waals surface area contributed by atoms with E-state index in [-0.39, 0.29) is 6.10 Å². The Morgan fingerprint density at radius 3 is 3.15 bits per heavy atom. The van der Waals surface area contributed by atoms with Gasteiger partial charge < -0.3 is 10.5 Å². The van der Waals surface area contributed by atoms with E-state index in [1.165, 1.54) is 15.6 Å². The maximum atomic E-state index is 6.10. The van der Waals surface area contributed by atoms with E-state index in [0.29, 0.717) is 12.6 Å². The van der Waals surface area contributed by atoms with Crippen molar-refractivity contribution in [2.24, 2.45) is 5.73 Å². The highest BCUT2D eigenvalue weighted by Gasteiger charge is 2.25. The summed E-state index contributed by atoms with van der Waals surface area (Å²) in [7, 11) is 0. The fourth-order valence-corrected chi connectivity index (χ4v) is 4.05. The van der Waals surface area contributed by atoms with Crippen LogP contribution in [0.4, 0.5) is 0 Å². The molecule has 0 spiro atoms. The lowest BCUT2D eigenvalue weighted by atomic mass is 10.0. The van der Waals surface area contributed by atoms with Crippen molar-refractivity contribution in [2.75, 3.05) is 26.2 Å². The molecule has 0 aliphatic carbocycles.